The Kier molecular flexibility index (Phi) is 6.11. The standard InChI is InChI=1S/C24H28N6O2/c1-5-20-24(29(3)16-22-25-12-13-28(22)2)30-15-18(8-11-21(30)27-20)23(31)26-14-17-6-9-19(32-4)10-7-17/h6-13,15H,5,14,16H2,1-4H3,(H,26,31). The van der Waals surface area contributed by atoms with Gasteiger partial charge in [0.2, 0.25) is 0 Å². The lowest BCUT2D eigenvalue weighted by Gasteiger charge is -2.20. The molecule has 1 aromatic carbocycles. The van der Waals surface area contributed by atoms with Gasteiger partial charge < -0.3 is 19.5 Å². The second-order valence-electron chi connectivity index (χ2n) is 7.72. The molecule has 8 nitrogen and oxygen atoms in total. The average Bonchev–Trinajstić information content (AvgIpc) is 3.39. The van der Waals surface area contributed by atoms with Crippen molar-refractivity contribution >= 4 is 17.4 Å². The SMILES string of the molecule is CCc1nc2ccc(C(=O)NCc3ccc(OC)cc3)cn2c1N(C)Cc1nccn1C. The summed E-state index contributed by atoms with van der Waals surface area (Å²) in [6.45, 7) is 3.16. The zero-order valence-corrected chi connectivity index (χ0v) is 18.9. The van der Waals surface area contributed by atoms with E-state index in [2.05, 4.69) is 22.1 Å². The fourth-order valence-corrected chi connectivity index (χ4v) is 3.72. The number of pyridine rings is 1. The molecule has 0 bridgehead atoms. The molecule has 0 unspecified atom stereocenters. The van der Waals surface area contributed by atoms with Crippen LogP contribution < -0.4 is 15.0 Å². The van der Waals surface area contributed by atoms with Gasteiger partial charge in [0.15, 0.2) is 0 Å². The van der Waals surface area contributed by atoms with Crippen LogP contribution >= 0.6 is 0 Å². The smallest absolute Gasteiger partial charge is 0.253 e. The summed E-state index contributed by atoms with van der Waals surface area (Å²) >= 11 is 0. The van der Waals surface area contributed by atoms with Crippen molar-refractivity contribution < 1.29 is 9.53 Å². The maximum Gasteiger partial charge on any atom is 0.253 e. The maximum absolute atomic E-state index is 12.8. The first kappa shape index (κ1) is 21.4. The van der Waals surface area contributed by atoms with Gasteiger partial charge in [-0.05, 0) is 36.2 Å². The summed E-state index contributed by atoms with van der Waals surface area (Å²) in [5.74, 6) is 2.58. The summed E-state index contributed by atoms with van der Waals surface area (Å²) in [7, 11) is 5.64. The number of carbonyl (C=O) groups excluding carboxylic acids is 1. The van der Waals surface area contributed by atoms with Crippen LogP contribution in [0.5, 0.6) is 5.75 Å². The predicted molar refractivity (Wildman–Crippen MR) is 124 cm³/mol. The van der Waals surface area contributed by atoms with Gasteiger partial charge >= 0.3 is 0 Å². The molecule has 0 fully saturated rings. The summed E-state index contributed by atoms with van der Waals surface area (Å²) in [6, 6.07) is 11.4. The van der Waals surface area contributed by atoms with E-state index in [0.717, 1.165) is 40.7 Å². The monoisotopic (exact) mass is 432 g/mol. The molecule has 8 heteroatoms. The average molecular weight is 433 g/mol. The van der Waals surface area contributed by atoms with Crippen LogP contribution in [0.1, 0.15) is 34.4 Å². The molecule has 0 spiro atoms. The molecular weight excluding hydrogens is 404 g/mol. The van der Waals surface area contributed by atoms with Crippen molar-refractivity contribution in [2.24, 2.45) is 7.05 Å². The van der Waals surface area contributed by atoms with Crippen LogP contribution in [0.15, 0.2) is 55.0 Å². The number of benzene rings is 1. The van der Waals surface area contributed by atoms with E-state index in [1.54, 1.807) is 13.3 Å². The lowest BCUT2D eigenvalue weighted by molar-refractivity contribution is 0.0950. The number of carbonyl (C=O) groups is 1. The Morgan fingerprint density at radius 2 is 1.97 bits per heavy atom. The Morgan fingerprint density at radius 1 is 1.19 bits per heavy atom. The number of fused-ring (bicyclic) bond motifs is 1. The van der Waals surface area contributed by atoms with Crippen LogP contribution in [0.2, 0.25) is 0 Å². The number of nitrogens with one attached hydrogen (secondary N) is 1. The van der Waals surface area contributed by atoms with Crippen molar-refractivity contribution in [3.8, 4) is 5.75 Å². The Bertz CT molecular complexity index is 1230. The van der Waals surface area contributed by atoms with E-state index in [-0.39, 0.29) is 5.91 Å². The van der Waals surface area contributed by atoms with Crippen molar-refractivity contribution in [2.75, 3.05) is 19.1 Å². The molecule has 0 radical (unpaired) electrons. The van der Waals surface area contributed by atoms with Crippen LogP contribution in [0, 0.1) is 0 Å². The number of methoxy groups -OCH3 is 1. The van der Waals surface area contributed by atoms with Gasteiger partial charge in [0.25, 0.3) is 5.91 Å². The third kappa shape index (κ3) is 4.30. The number of anilines is 1. The molecule has 4 rings (SSSR count). The first-order chi connectivity index (χ1) is 15.5. The topological polar surface area (TPSA) is 76.7 Å². The highest BCUT2D eigenvalue weighted by Crippen LogP contribution is 2.24. The highest BCUT2D eigenvalue weighted by molar-refractivity contribution is 5.94. The Balaban J connectivity index is 1.57. The van der Waals surface area contributed by atoms with Crippen LogP contribution in [-0.2, 0) is 26.6 Å². The molecule has 4 aromatic rings. The molecule has 32 heavy (non-hydrogen) atoms. The van der Waals surface area contributed by atoms with Gasteiger partial charge in [-0.1, -0.05) is 19.1 Å². The van der Waals surface area contributed by atoms with Gasteiger partial charge in [0.05, 0.1) is 24.9 Å². The van der Waals surface area contributed by atoms with Gasteiger partial charge in [0, 0.05) is 39.2 Å². The Labute approximate surface area is 187 Å². The molecular formula is C24H28N6O2. The van der Waals surface area contributed by atoms with E-state index in [1.165, 1.54) is 0 Å². The first-order valence-corrected chi connectivity index (χ1v) is 10.6. The number of rotatable bonds is 8. The molecule has 3 heterocycles. The van der Waals surface area contributed by atoms with Gasteiger partial charge in [-0.3, -0.25) is 9.20 Å². The first-order valence-electron chi connectivity index (χ1n) is 10.6. The molecule has 0 saturated heterocycles. The zero-order valence-electron chi connectivity index (χ0n) is 18.9. The molecule has 3 aromatic heterocycles. The molecule has 0 atom stereocenters. The van der Waals surface area contributed by atoms with E-state index >= 15 is 0 Å². The minimum absolute atomic E-state index is 0.132. The zero-order chi connectivity index (χ0) is 22.7. The maximum atomic E-state index is 12.8. The molecule has 0 aliphatic rings. The van der Waals surface area contributed by atoms with Crippen LogP contribution in [0.3, 0.4) is 0 Å². The minimum Gasteiger partial charge on any atom is -0.497 e. The normalized spacial score (nSPS) is 11.0. The van der Waals surface area contributed by atoms with Crippen molar-refractivity contribution in [1.82, 2.24) is 24.3 Å². The second-order valence-corrected chi connectivity index (χ2v) is 7.72. The summed E-state index contributed by atoms with van der Waals surface area (Å²) in [4.78, 5) is 24.2. The fraction of sp³-hybridized carbons (Fsp3) is 0.292. The Hall–Kier alpha value is -3.81. The largest absolute Gasteiger partial charge is 0.497 e. The summed E-state index contributed by atoms with van der Waals surface area (Å²) in [6.07, 6.45) is 6.38. The number of amides is 1. The second kappa shape index (κ2) is 9.13. The van der Waals surface area contributed by atoms with Crippen LogP contribution in [0.25, 0.3) is 5.65 Å². The number of hydrogen-bond acceptors (Lipinski definition) is 5. The molecule has 0 saturated carbocycles. The molecule has 0 aliphatic heterocycles. The predicted octanol–water partition coefficient (Wildman–Crippen LogP) is 3.21. The van der Waals surface area contributed by atoms with Crippen molar-refractivity contribution in [1.29, 1.82) is 0 Å². The van der Waals surface area contributed by atoms with Gasteiger partial charge in [-0.15, -0.1) is 0 Å². The van der Waals surface area contributed by atoms with E-state index in [0.29, 0.717) is 18.7 Å². The van der Waals surface area contributed by atoms with Crippen LogP contribution in [0.4, 0.5) is 5.82 Å². The highest BCUT2D eigenvalue weighted by Gasteiger charge is 2.18. The van der Waals surface area contributed by atoms with E-state index in [4.69, 9.17) is 9.72 Å². The quantitative estimate of drug-likeness (QED) is 0.463. The third-order valence-corrected chi connectivity index (χ3v) is 5.53. The van der Waals surface area contributed by atoms with E-state index in [9.17, 15) is 4.79 Å². The van der Waals surface area contributed by atoms with Crippen molar-refractivity contribution in [3.63, 3.8) is 0 Å². The summed E-state index contributed by atoms with van der Waals surface area (Å²) in [5.41, 5.74) is 3.39. The van der Waals surface area contributed by atoms with E-state index in [1.807, 2.05) is 71.9 Å². The Morgan fingerprint density at radius 3 is 2.62 bits per heavy atom. The number of nitrogens with zero attached hydrogens (tertiary/aromatic N) is 5. The third-order valence-electron chi connectivity index (χ3n) is 5.53. The lowest BCUT2D eigenvalue weighted by Crippen LogP contribution is -2.24. The number of aryl methyl sites for hydroxylation is 2. The number of hydrogen-bond donors (Lipinski definition) is 1. The summed E-state index contributed by atoms with van der Waals surface area (Å²) in [5, 5.41) is 2.99. The number of ether oxygens (including phenoxy) is 1. The molecule has 1 N–H and O–H groups in total. The minimum atomic E-state index is -0.132. The number of aromatic nitrogens is 4. The van der Waals surface area contributed by atoms with Crippen molar-refractivity contribution in [2.45, 2.75) is 26.4 Å². The van der Waals surface area contributed by atoms with Gasteiger partial charge in [-0.2, -0.15) is 0 Å². The van der Waals surface area contributed by atoms with Crippen molar-refractivity contribution in [3.05, 3.63) is 77.6 Å². The van der Waals surface area contributed by atoms with E-state index < -0.39 is 0 Å². The summed E-state index contributed by atoms with van der Waals surface area (Å²) < 4.78 is 9.17. The molecule has 0 aliphatic carbocycles. The highest BCUT2D eigenvalue weighted by atomic mass is 16.5. The number of imidazole rings is 2. The van der Waals surface area contributed by atoms with Gasteiger partial charge in [0.1, 0.15) is 23.0 Å². The fourth-order valence-electron chi connectivity index (χ4n) is 3.72. The lowest BCUT2D eigenvalue weighted by atomic mass is 10.2. The van der Waals surface area contributed by atoms with Crippen LogP contribution in [-0.4, -0.2) is 39.0 Å². The molecule has 166 valence electrons. The van der Waals surface area contributed by atoms with Gasteiger partial charge in [-0.25, -0.2) is 9.97 Å². The molecule has 1 amide bonds.